The van der Waals surface area contributed by atoms with Gasteiger partial charge in [-0.3, -0.25) is 4.79 Å². The fraction of sp³-hybridized carbons (Fsp3) is 0.533. The molecule has 1 saturated carbocycles. The molecular weight excluding hydrogens is 229 g/mol. The minimum atomic E-state index is -0.415. The van der Waals surface area contributed by atoms with Crippen LogP contribution in [0.3, 0.4) is 0 Å². The fourth-order valence-corrected chi connectivity index (χ4v) is 2.74. The molecule has 0 aromatic heterocycles. The number of halogens is 1. The van der Waals surface area contributed by atoms with Crippen molar-refractivity contribution in [2.45, 2.75) is 45.6 Å². The summed E-state index contributed by atoms with van der Waals surface area (Å²) in [7, 11) is 0. The SMILES string of the molecule is CCN(C(=O)c1cc(C)ccc1F)C1CCCC1. The van der Waals surface area contributed by atoms with E-state index in [9.17, 15) is 9.18 Å². The lowest BCUT2D eigenvalue weighted by atomic mass is 10.1. The smallest absolute Gasteiger partial charge is 0.257 e. The van der Waals surface area contributed by atoms with Crippen LogP contribution in [0.1, 0.15) is 48.5 Å². The van der Waals surface area contributed by atoms with Gasteiger partial charge in [-0.1, -0.05) is 24.5 Å². The number of nitrogens with zero attached hydrogens (tertiary/aromatic N) is 1. The molecule has 1 fully saturated rings. The van der Waals surface area contributed by atoms with Crippen LogP contribution in [0.15, 0.2) is 18.2 Å². The molecule has 98 valence electrons. The van der Waals surface area contributed by atoms with Gasteiger partial charge in [0.05, 0.1) is 5.56 Å². The van der Waals surface area contributed by atoms with Gasteiger partial charge < -0.3 is 4.90 Å². The summed E-state index contributed by atoms with van der Waals surface area (Å²) in [4.78, 5) is 14.2. The van der Waals surface area contributed by atoms with Crippen molar-refractivity contribution in [2.24, 2.45) is 0 Å². The monoisotopic (exact) mass is 249 g/mol. The van der Waals surface area contributed by atoms with Crippen molar-refractivity contribution < 1.29 is 9.18 Å². The summed E-state index contributed by atoms with van der Waals surface area (Å²) in [6, 6.07) is 5.01. The summed E-state index contributed by atoms with van der Waals surface area (Å²) in [5.41, 5.74) is 1.13. The Labute approximate surface area is 108 Å². The molecule has 0 bridgehead atoms. The number of carbonyl (C=O) groups excluding carboxylic acids is 1. The number of benzene rings is 1. The van der Waals surface area contributed by atoms with E-state index in [1.54, 1.807) is 12.1 Å². The topological polar surface area (TPSA) is 20.3 Å². The third-order valence-electron chi connectivity index (χ3n) is 3.72. The van der Waals surface area contributed by atoms with Gasteiger partial charge in [0.2, 0.25) is 0 Å². The lowest BCUT2D eigenvalue weighted by Gasteiger charge is -2.28. The lowest BCUT2D eigenvalue weighted by Crippen LogP contribution is -2.39. The van der Waals surface area contributed by atoms with Crippen LogP contribution in [-0.4, -0.2) is 23.4 Å². The van der Waals surface area contributed by atoms with Crippen LogP contribution in [0.5, 0.6) is 0 Å². The number of carbonyl (C=O) groups is 1. The van der Waals surface area contributed by atoms with Gasteiger partial charge in [-0.05, 0) is 38.8 Å². The molecule has 0 aliphatic heterocycles. The number of hydrogen-bond acceptors (Lipinski definition) is 1. The van der Waals surface area contributed by atoms with Crippen LogP contribution in [-0.2, 0) is 0 Å². The normalized spacial score (nSPS) is 15.9. The predicted molar refractivity (Wildman–Crippen MR) is 70.1 cm³/mol. The van der Waals surface area contributed by atoms with E-state index in [1.165, 1.54) is 18.9 Å². The second-order valence-corrected chi connectivity index (χ2v) is 5.01. The van der Waals surface area contributed by atoms with Crippen LogP contribution < -0.4 is 0 Å². The molecule has 3 heteroatoms. The van der Waals surface area contributed by atoms with Gasteiger partial charge >= 0.3 is 0 Å². The highest BCUT2D eigenvalue weighted by Gasteiger charge is 2.27. The molecule has 2 rings (SSSR count). The Hall–Kier alpha value is -1.38. The van der Waals surface area contributed by atoms with Crippen molar-refractivity contribution in [3.63, 3.8) is 0 Å². The summed E-state index contributed by atoms with van der Waals surface area (Å²) in [5.74, 6) is -0.576. The van der Waals surface area contributed by atoms with Crippen molar-refractivity contribution >= 4 is 5.91 Å². The van der Waals surface area contributed by atoms with Crippen LogP contribution in [0.4, 0.5) is 4.39 Å². The summed E-state index contributed by atoms with van der Waals surface area (Å²) in [5, 5.41) is 0. The molecule has 0 atom stereocenters. The quantitative estimate of drug-likeness (QED) is 0.802. The molecule has 0 saturated heterocycles. The van der Waals surface area contributed by atoms with E-state index < -0.39 is 5.82 Å². The number of amides is 1. The summed E-state index contributed by atoms with van der Waals surface area (Å²) in [6.45, 7) is 4.49. The van der Waals surface area contributed by atoms with E-state index in [0.29, 0.717) is 12.6 Å². The molecule has 0 heterocycles. The van der Waals surface area contributed by atoms with E-state index in [-0.39, 0.29) is 11.5 Å². The summed E-state index contributed by atoms with van der Waals surface area (Å²) in [6.07, 6.45) is 4.44. The first-order valence-electron chi connectivity index (χ1n) is 6.70. The van der Waals surface area contributed by atoms with E-state index in [1.807, 2.05) is 18.7 Å². The predicted octanol–water partition coefficient (Wildman–Crippen LogP) is 3.54. The first-order chi connectivity index (χ1) is 8.63. The van der Waals surface area contributed by atoms with Crippen molar-refractivity contribution in [3.05, 3.63) is 35.1 Å². The van der Waals surface area contributed by atoms with E-state index in [2.05, 4.69) is 0 Å². The van der Waals surface area contributed by atoms with Gasteiger partial charge in [0, 0.05) is 12.6 Å². The molecule has 1 aliphatic rings. The van der Waals surface area contributed by atoms with Gasteiger partial charge in [0.1, 0.15) is 5.82 Å². The third kappa shape index (κ3) is 2.55. The van der Waals surface area contributed by atoms with Gasteiger partial charge in [-0.25, -0.2) is 4.39 Å². The molecule has 1 amide bonds. The van der Waals surface area contributed by atoms with Crippen molar-refractivity contribution in [3.8, 4) is 0 Å². The zero-order chi connectivity index (χ0) is 13.1. The standard InChI is InChI=1S/C15H20FNO/c1-3-17(12-6-4-5-7-12)15(18)13-10-11(2)8-9-14(13)16/h8-10,12H,3-7H2,1-2H3. The molecule has 1 aliphatic carbocycles. The first kappa shape index (κ1) is 13.1. The highest BCUT2D eigenvalue weighted by atomic mass is 19.1. The van der Waals surface area contributed by atoms with E-state index in [0.717, 1.165) is 18.4 Å². The largest absolute Gasteiger partial charge is 0.336 e. The molecule has 0 spiro atoms. The Morgan fingerprint density at radius 3 is 2.67 bits per heavy atom. The third-order valence-corrected chi connectivity index (χ3v) is 3.72. The van der Waals surface area contributed by atoms with Crippen molar-refractivity contribution in [1.82, 2.24) is 4.90 Å². The van der Waals surface area contributed by atoms with Crippen molar-refractivity contribution in [2.75, 3.05) is 6.54 Å². The van der Waals surface area contributed by atoms with Gasteiger partial charge in [0.15, 0.2) is 0 Å². The Morgan fingerprint density at radius 1 is 1.39 bits per heavy atom. The fourth-order valence-electron chi connectivity index (χ4n) is 2.74. The Bertz CT molecular complexity index is 438. The Balaban J connectivity index is 2.25. The number of aryl methyl sites for hydroxylation is 1. The molecule has 0 radical (unpaired) electrons. The minimum Gasteiger partial charge on any atom is -0.336 e. The first-order valence-corrected chi connectivity index (χ1v) is 6.70. The summed E-state index contributed by atoms with van der Waals surface area (Å²) >= 11 is 0. The Kier molecular flexibility index (Phi) is 4.00. The van der Waals surface area contributed by atoms with Crippen LogP contribution >= 0.6 is 0 Å². The van der Waals surface area contributed by atoms with Gasteiger partial charge in [-0.2, -0.15) is 0 Å². The number of hydrogen-bond donors (Lipinski definition) is 0. The zero-order valence-corrected chi connectivity index (χ0v) is 11.1. The number of rotatable bonds is 3. The second-order valence-electron chi connectivity index (χ2n) is 5.01. The maximum absolute atomic E-state index is 13.8. The van der Waals surface area contributed by atoms with E-state index >= 15 is 0 Å². The average molecular weight is 249 g/mol. The molecular formula is C15H20FNO. The molecule has 0 N–H and O–H groups in total. The average Bonchev–Trinajstić information content (AvgIpc) is 2.87. The van der Waals surface area contributed by atoms with Gasteiger partial charge in [0.25, 0.3) is 5.91 Å². The maximum Gasteiger partial charge on any atom is 0.257 e. The van der Waals surface area contributed by atoms with Crippen LogP contribution in [0.25, 0.3) is 0 Å². The summed E-state index contributed by atoms with van der Waals surface area (Å²) < 4.78 is 13.8. The molecule has 1 aromatic rings. The Morgan fingerprint density at radius 2 is 2.06 bits per heavy atom. The zero-order valence-electron chi connectivity index (χ0n) is 11.1. The van der Waals surface area contributed by atoms with E-state index in [4.69, 9.17) is 0 Å². The molecule has 0 unspecified atom stereocenters. The maximum atomic E-state index is 13.8. The molecule has 1 aromatic carbocycles. The lowest BCUT2D eigenvalue weighted by molar-refractivity contribution is 0.0688. The highest BCUT2D eigenvalue weighted by Crippen LogP contribution is 2.25. The van der Waals surface area contributed by atoms with Crippen molar-refractivity contribution in [1.29, 1.82) is 0 Å². The minimum absolute atomic E-state index is 0.161. The van der Waals surface area contributed by atoms with Crippen LogP contribution in [0.2, 0.25) is 0 Å². The molecule has 18 heavy (non-hydrogen) atoms. The second kappa shape index (κ2) is 5.51. The van der Waals surface area contributed by atoms with Crippen LogP contribution in [0, 0.1) is 12.7 Å². The van der Waals surface area contributed by atoms with Gasteiger partial charge in [-0.15, -0.1) is 0 Å². The highest BCUT2D eigenvalue weighted by molar-refractivity contribution is 5.94. The molecule has 2 nitrogen and oxygen atoms in total.